The number of hydrogen-bond acceptors (Lipinski definition) is 3. The van der Waals surface area contributed by atoms with E-state index in [9.17, 15) is 4.79 Å². The summed E-state index contributed by atoms with van der Waals surface area (Å²) in [5.74, 6) is 4.07. The number of carbonyl (C=O) groups excluding carboxylic acids is 1. The molecular weight excluding hydrogens is 306 g/mol. The van der Waals surface area contributed by atoms with Gasteiger partial charge in [-0.15, -0.1) is 0 Å². The van der Waals surface area contributed by atoms with Crippen LogP contribution in [0, 0.1) is 29.6 Å². The lowest BCUT2D eigenvalue weighted by Crippen LogP contribution is -2.36. The fourth-order valence-electron chi connectivity index (χ4n) is 5.58. The molecule has 0 aliphatic heterocycles. The van der Waals surface area contributed by atoms with Gasteiger partial charge >= 0.3 is 6.09 Å². The molecule has 4 atom stereocenters. The van der Waals surface area contributed by atoms with Gasteiger partial charge in [0.15, 0.2) is 0 Å². The quantitative estimate of drug-likeness (QED) is 0.731. The Morgan fingerprint density at radius 2 is 1.48 bits per heavy atom. The summed E-state index contributed by atoms with van der Waals surface area (Å²) in [5.41, 5.74) is 0. The van der Waals surface area contributed by atoms with E-state index in [0.717, 1.165) is 23.7 Å². The first-order valence-electron chi connectivity index (χ1n) is 9.59. The Labute approximate surface area is 146 Å². The maximum atomic E-state index is 12.0. The molecule has 0 aromatic rings. The van der Waals surface area contributed by atoms with Crippen molar-refractivity contribution in [3.8, 4) is 0 Å². The van der Waals surface area contributed by atoms with Gasteiger partial charge in [-0.1, -0.05) is 25.7 Å². The molecule has 23 heavy (non-hydrogen) atoms. The first-order chi connectivity index (χ1) is 11.0. The van der Waals surface area contributed by atoms with Gasteiger partial charge in [0.2, 0.25) is 0 Å². The molecule has 0 radical (unpaired) electrons. The number of hydrogen-bond donors (Lipinski definition) is 2. The molecule has 0 saturated heterocycles. The van der Waals surface area contributed by atoms with Gasteiger partial charge in [0.05, 0.1) is 6.61 Å². The van der Waals surface area contributed by atoms with Crippen LogP contribution in [-0.2, 0) is 4.74 Å². The van der Waals surface area contributed by atoms with Gasteiger partial charge in [0.25, 0.3) is 0 Å². The van der Waals surface area contributed by atoms with Crippen molar-refractivity contribution in [2.45, 2.75) is 70.0 Å². The monoisotopic (exact) mass is 339 g/mol. The summed E-state index contributed by atoms with van der Waals surface area (Å²) in [4.78, 5) is 12.0. The van der Waals surface area contributed by atoms with E-state index in [1.807, 2.05) is 13.8 Å². The van der Waals surface area contributed by atoms with Gasteiger partial charge in [-0.2, -0.15) is 12.6 Å². The molecule has 0 aromatic carbocycles. The highest BCUT2D eigenvalue weighted by atomic mass is 32.1. The third-order valence-electron chi connectivity index (χ3n) is 6.47. The number of carbonyl (C=O) groups is 1. The largest absolute Gasteiger partial charge is 0.449 e. The van der Waals surface area contributed by atoms with E-state index in [2.05, 4.69) is 17.9 Å². The van der Waals surface area contributed by atoms with Crippen LogP contribution in [0.4, 0.5) is 4.79 Å². The number of rotatable bonds is 4. The topological polar surface area (TPSA) is 38.3 Å². The van der Waals surface area contributed by atoms with Crippen molar-refractivity contribution in [3.05, 3.63) is 0 Å². The average Bonchev–Trinajstić information content (AvgIpc) is 2.84. The van der Waals surface area contributed by atoms with Crippen LogP contribution in [0.1, 0.15) is 65.2 Å². The van der Waals surface area contributed by atoms with Crippen LogP contribution in [0.25, 0.3) is 0 Å². The van der Waals surface area contributed by atoms with Crippen molar-refractivity contribution in [1.29, 1.82) is 0 Å². The van der Waals surface area contributed by atoms with Crippen LogP contribution in [0.5, 0.6) is 0 Å². The first-order valence-corrected chi connectivity index (χ1v) is 10.0. The van der Waals surface area contributed by atoms with Crippen LogP contribution in [-0.4, -0.2) is 24.0 Å². The van der Waals surface area contributed by atoms with Crippen LogP contribution in [0.15, 0.2) is 0 Å². The predicted octanol–water partition coefficient (Wildman–Crippen LogP) is 4.66. The first kappa shape index (κ1) is 17.4. The lowest BCUT2D eigenvalue weighted by molar-refractivity contribution is 0.0867. The van der Waals surface area contributed by atoms with Crippen LogP contribution in [0.2, 0.25) is 0 Å². The Kier molecular flexibility index (Phi) is 5.49. The Morgan fingerprint density at radius 3 is 1.96 bits per heavy atom. The van der Waals surface area contributed by atoms with Gasteiger partial charge in [0.1, 0.15) is 0 Å². The van der Waals surface area contributed by atoms with E-state index in [0.29, 0.717) is 19.1 Å². The van der Waals surface area contributed by atoms with E-state index in [4.69, 9.17) is 4.74 Å². The number of nitrogens with one attached hydrogen (secondary N) is 1. The van der Waals surface area contributed by atoms with Gasteiger partial charge in [-0.3, -0.25) is 0 Å². The second-order valence-corrected chi connectivity index (χ2v) is 9.86. The average molecular weight is 340 g/mol. The van der Waals surface area contributed by atoms with Crippen molar-refractivity contribution < 1.29 is 9.53 Å². The summed E-state index contributed by atoms with van der Waals surface area (Å²) in [7, 11) is 0. The van der Waals surface area contributed by atoms with E-state index in [-0.39, 0.29) is 10.8 Å². The highest BCUT2D eigenvalue weighted by molar-refractivity contribution is 7.81. The van der Waals surface area contributed by atoms with Crippen LogP contribution >= 0.6 is 12.6 Å². The molecule has 0 spiro atoms. The molecule has 1 amide bonds. The predicted molar refractivity (Wildman–Crippen MR) is 96.8 cm³/mol. The molecule has 0 aromatic heterocycles. The van der Waals surface area contributed by atoms with Gasteiger partial charge in [-0.25, -0.2) is 4.79 Å². The minimum Gasteiger partial charge on any atom is -0.449 e. The van der Waals surface area contributed by atoms with Crippen molar-refractivity contribution in [3.63, 3.8) is 0 Å². The molecule has 3 aliphatic carbocycles. The Hall–Kier alpha value is -0.380. The summed E-state index contributed by atoms with van der Waals surface area (Å²) in [6.45, 7) is 5.15. The molecule has 3 saturated carbocycles. The minimum atomic E-state index is -0.265. The normalized spacial score (nSPS) is 36.9. The Balaban J connectivity index is 1.56. The Morgan fingerprint density at radius 1 is 1.00 bits per heavy atom. The van der Waals surface area contributed by atoms with Crippen molar-refractivity contribution >= 4 is 18.7 Å². The SMILES string of the molecule is CC(C)(S)CNC(=O)OCC1C2CCCCC2C2CCCCC21. The Bertz CT molecular complexity index is 398. The number of fused-ring (bicyclic) bond motifs is 3. The fraction of sp³-hybridized carbons (Fsp3) is 0.947. The lowest BCUT2D eigenvalue weighted by atomic mass is 9.73. The molecule has 4 heteroatoms. The lowest BCUT2D eigenvalue weighted by Gasteiger charge is -2.32. The summed E-state index contributed by atoms with van der Waals surface area (Å²) in [6, 6.07) is 0. The van der Waals surface area contributed by atoms with E-state index >= 15 is 0 Å². The summed E-state index contributed by atoms with van der Waals surface area (Å²) in [6.07, 6.45) is 10.9. The third-order valence-corrected chi connectivity index (χ3v) is 6.63. The summed E-state index contributed by atoms with van der Waals surface area (Å²) in [5, 5.41) is 2.85. The zero-order valence-electron chi connectivity index (χ0n) is 14.7. The van der Waals surface area contributed by atoms with Crippen molar-refractivity contribution in [1.82, 2.24) is 5.32 Å². The van der Waals surface area contributed by atoms with Crippen LogP contribution in [0.3, 0.4) is 0 Å². The molecule has 4 unspecified atom stereocenters. The van der Waals surface area contributed by atoms with E-state index < -0.39 is 0 Å². The van der Waals surface area contributed by atoms with Crippen LogP contribution < -0.4 is 5.32 Å². The summed E-state index contributed by atoms with van der Waals surface area (Å²) < 4.78 is 5.44. The highest BCUT2D eigenvalue weighted by Gasteiger charge is 2.51. The smallest absolute Gasteiger partial charge is 0.407 e. The fourth-order valence-corrected chi connectivity index (χ4v) is 5.66. The second kappa shape index (κ2) is 7.25. The van der Waals surface area contributed by atoms with E-state index in [1.54, 1.807) is 0 Å². The molecule has 3 nitrogen and oxygen atoms in total. The number of ether oxygens (including phenoxy) is 1. The zero-order valence-corrected chi connectivity index (χ0v) is 15.6. The van der Waals surface area contributed by atoms with Crippen molar-refractivity contribution in [2.75, 3.05) is 13.2 Å². The molecule has 1 N–H and O–H groups in total. The summed E-state index contributed by atoms with van der Waals surface area (Å²) >= 11 is 4.44. The standard InChI is InChI=1S/C19H33NO2S/c1-19(2,23)12-20-18(21)22-11-17-15-9-5-3-7-13(15)14-8-4-6-10-16(14)17/h13-17,23H,3-12H2,1-2H3,(H,20,21). The molecule has 3 fully saturated rings. The second-order valence-electron chi connectivity index (χ2n) is 8.65. The number of thiol groups is 1. The number of alkyl carbamates (subject to hydrolysis) is 1. The molecule has 0 heterocycles. The molecular formula is C19H33NO2S. The third kappa shape index (κ3) is 4.18. The maximum absolute atomic E-state index is 12.0. The highest BCUT2D eigenvalue weighted by Crippen LogP contribution is 2.57. The van der Waals surface area contributed by atoms with Gasteiger partial charge in [-0.05, 0) is 69.1 Å². The molecule has 3 aliphatic rings. The molecule has 3 rings (SSSR count). The van der Waals surface area contributed by atoms with E-state index in [1.165, 1.54) is 51.4 Å². The molecule has 132 valence electrons. The van der Waals surface area contributed by atoms with Gasteiger partial charge in [0, 0.05) is 11.3 Å². The zero-order chi connectivity index (χ0) is 16.4. The van der Waals surface area contributed by atoms with Crippen molar-refractivity contribution in [2.24, 2.45) is 29.6 Å². The maximum Gasteiger partial charge on any atom is 0.407 e. The number of amides is 1. The van der Waals surface area contributed by atoms with Gasteiger partial charge < -0.3 is 10.1 Å². The molecule has 0 bridgehead atoms. The minimum absolute atomic E-state index is 0.199.